The smallest absolute Gasteiger partial charge is 0.222 e. The summed E-state index contributed by atoms with van der Waals surface area (Å²) in [5, 5.41) is 10.8. The molecule has 106 valence electrons. The molecule has 1 aromatic rings. The number of Topliss-reactive ketones (excluding diaryl/α,β-unsaturated/α-hetero) is 1. The Hall–Kier alpha value is -1.72. The third kappa shape index (κ3) is 5.63. The molecule has 0 radical (unpaired) electrons. The van der Waals surface area contributed by atoms with Gasteiger partial charge in [0, 0.05) is 44.5 Å². The van der Waals surface area contributed by atoms with Gasteiger partial charge in [-0.15, -0.1) is 5.10 Å². The van der Waals surface area contributed by atoms with Gasteiger partial charge in [-0.3, -0.25) is 14.3 Å². The molecule has 0 bridgehead atoms. The predicted octanol–water partition coefficient (Wildman–Crippen LogP) is 0.962. The van der Waals surface area contributed by atoms with E-state index in [-0.39, 0.29) is 17.6 Å². The van der Waals surface area contributed by atoms with Crippen molar-refractivity contribution in [2.45, 2.75) is 46.6 Å². The van der Waals surface area contributed by atoms with Crippen LogP contribution in [-0.2, 0) is 22.6 Å². The van der Waals surface area contributed by atoms with Crippen LogP contribution in [0.1, 0.15) is 39.3 Å². The van der Waals surface area contributed by atoms with E-state index in [0.717, 1.165) is 5.69 Å². The minimum Gasteiger partial charge on any atom is -0.355 e. The molecule has 0 unspecified atom stereocenters. The molecule has 0 aliphatic carbocycles. The lowest BCUT2D eigenvalue weighted by Crippen LogP contribution is -2.29. The van der Waals surface area contributed by atoms with Gasteiger partial charge in [-0.05, 0) is 0 Å². The highest BCUT2D eigenvalue weighted by atomic mass is 16.1. The van der Waals surface area contributed by atoms with Gasteiger partial charge in [-0.1, -0.05) is 26.0 Å². The lowest BCUT2D eigenvalue weighted by atomic mass is 10.2. The molecule has 6 nitrogen and oxygen atoms in total. The van der Waals surface area contributed by atoms with Crippen LogP contribution in [0.4, 0.5) is 0 Å². The molecule has 1 aromatic heterocycles. The first kappa shape index (κ1) is 15.3. The number of hydrogen-bond acceptors (Lipinski definition) is 4. The Balaban J connectivity index is 2.30. The number of hydrogen-bond donors (Lipinski definition) is 1. The van der Waals surface area contributed by atoms with E-state index in [0.29, 0.717) is 32.4 Å². The van der Waals surface area contributed by atoms with Crippen molar-refractivity contribution in [3.05, 3.63) is 11.9 Å². The Morgan fingerprint density at radius 1 is 1.42 bits per heavy atom. The molecule has 0 spiro atoms. The lowest BCUT2D eigenvalue weighted by molar-refractivity contribution is -0.124. The van der Waals surface area contributed by atoms with Crippen molar-refractivity contribution in [3.63, 3.8) is 0 Å². The topological polar surface area (TPSA) is 76.9 Å². The second-order valence-electron chi connectivity index (χ2n) is 4.81. The van der Waals surface area contributed by atoms with Crippen LogP contribution in [0.2, 0.25) is 0 Å². The van der Waals surface area contributed by atoms with Crippen molar-refractivity contribution >= 4 is 11.7 Å². The third-order valence-electron chi connectivity index (χ3n) is 2.80. The zero-order valence-electron chi connectivity index (χ0n) is 11.8. The molecule has 1 heterocycles. The van der Waals surface area contributed by atoms with Gasteiger partial charge < -0.3 is 5.32 Å². The van der Waals surface area contributed by atoms with Gasteiger partial charge >= 0.3 is 0 Å². The monoisotopic (exact) mass is 266 g/mol. The van der Waals surface area contributed by atoms with Crippen LogP contribution in [0.25, 0.3) is 0 Å². The average molecular weight is 266 g/mol. The maximum atomic E-state index is 11.4. The summed E-state index contributed by atoms with van der Waals surface area (Å²) in [6.45, 7) is 6.70. The summed E-state index contributed by atoms with van der Waals surface area (Å²) in [7, 11) is 0. The van der Waals surface area contributed by atoms with Crippen LogP contribution in [0, 0.1) is 5.92 Å². The maximum absolute atomic E-state index is 11.4. The van der Waals surface area contributed by atoms with Crippen molar-refractivity contribution in [1.82, 2.24) is 20.3 Å². The van der Waals surface area contributed by atoms with Crippen molar-refractivity contribution in [1.29, 1.82) is 0 Å². The van der Waals surface area contributed by atoms with Gasteiger partial charge in [0.1, 0.15) is 5.78 Å². The summed E-state index contributed by atoms with van der Waals surface area (Å²) in [5.74, 6) is 0.262. The number of amides is 1. The Kier molecular flexibility index (Phi) is 6.18. The van der Waals surface area contributed by atoms with Gasteiger partial charge in [0.15, 0.2) is 0 Å². The van der Waals surface area contributed by atoms with Gasteiger partial charge in [0.05, 0.1) is 5.69 Å². The largest absolute Gasteiger partial charge is 0.355 e. The zero-order chi connectivity index (χ0) is 14.3. The molecule has 1 rings (SSSR count). The molecule has 0 saturated carbocycles. The van der Waals surface area contributed by atoms with Gasteiger partial charge in [0.25, 0.3) is 0 Å². The van der Waals surface area contributed by atoms with Crippen molar-refractivity contribution < 1.29 is 9.59 Å². The Morgan fingerprint density at radius 3 is 2.79 bits per heavy atom. The van der Waals surface area contributed by atoms with E-state index in [1.54, 1.807) is 4.68 Å². The molecule has 0 fully saturated rings. The summed E-state index contributed by atoms with van der Waals surface area (Å²) < 4.78 is 1.67. The fraction of sp³-hybridized carbons (Fsp3) is 0.692. The van der Waals surface area contributed by atoms with Crippen molar-refractivity contribution in [2.75, 3.05) is 6.54 Å². The number of carbonyl (C=O) groups excluding carboxylic acids is 2. The number of rotatable bonds is 8. The predicted molar refractivity (Wildman–Crippen MR) is 71.5 cm³/mol. The standard InChI is InChI=1S/C13H22N4O2/c1-4-12(18)6-8-17-9-11(15-16-17)5-7-14-13(19)10(2)3/h9-10H,4-8H2,1-3H3,(H,14,19). The van der Waals surface area contributed by atoms with E-state index < -0.39 is 0 Å². The summed E-state index contributed by atoms with van der Waals surface area (Å²) in [4.78, 5) is 22.6. The molecular weight excluding hydrogens is 244 g/mol. The number of ketones is 1. The molecule has 0 aliphatic rings. The Labute approximate surface area is 113 Å². The van der Waals surface area contributed by atoms with Crippen LogP contribution in [0.15, 0.2) is 6.20 Å². The lowest BCUT2D eigenvalue weighted by Gasteiger charge is -2.05. The van der Waals surface area contributed by atoms with E-state index in [1.165, 1.54) is 0 Å². The SMILES string of the molecule is CCC(=O)CCn1cc(CCNC(=O)C(C)C)nn1. The molecule has 0 atom stereocenters. The fourth-order valence-corrected chi connectivity index (χ4v) is 1.50. The molecule has 0 aromatic carbocycles. The highest BCUT2D eigenvalue weighted by molar-refractivity contribution is 5.78. The number of carbonyl (C=O) groups is 2. The molecule has 1 N–H and O–H groups in total. The van der Waals surface area contributed by atoms with Gasteiger partial charge in [0.2, 0.25) is 5.91 Å². The minimum atomic E-state index is -0.00395. The van der Waals surface area contributed by atoms with E-state index in [2.05, 4.69) is 15.6 Å². The van der Waals surface area contributed by atoms with Crippen LogP contribution in [-0.4, -0.2) is 33.2 Å². The first-order valence-corrected chi connectivity index (χ1v) is 6.71. The highest BCUT2D eigenvalue weighted by Crippen LogP contribution is 1.98. The van der Waals surface area contributed by atoms with Gasteiger partial charge in [-0.25, -0.2) is 0 Å². The van der Waals surface area contributed by atoms with Crippen LogP contribution in [0.3, 0.4) is 0 Å². The second kappa shape index (κ2) is 7.66. The zero-order valence-corrected chi connectivity index (χ0v) is 11.8. The molecular formula is C13H22N4O2. The Bertz CT molecular complexity index is 426. The molecule has 0 aliphatic heterocycles. The fourth-order valence-electron chi connectivity index (χ4n) is 1.50. The van der Waals surface area contributed by atoms with Crippen LogP contribution in [0.5, 0.6) is 0 Å². The van der Waals surface area contributed by atoms with Gasteiger partial charge in [-0.2, -0.15) is 0 Å². The number of nitrogens with one attached hydrogen (secondary N) is 1. The molecule has 19 heavy (non-hydrogen) atoms. The maximum Gasteiger partial charge on any atom is 0.222 e. The van der Waals surface area contributed by atoms with Crippen LogP contribution >= 0.6 is 0 Å². The number of nitrogens with zero attached hydrogens (tertiary/aromatic N) is 3. The minimum absolute atomic E-state index is 0.00395. The third-order valence-corrected chi connectivity index (χ3v) is 2.80. The first-order chi connectivity index (χ1) is 9.02. The molecule has 6 heteroatoms. The second-order valence-corrected chi connectivity index (χ2v) is 4.81. The Morgan fingerprint density at radius 2 is 2.16 bits per heavy atom. The van der Waals surface area contributed by atoms with Crippen molar-refractivity contribution in [3.8, 4) is 0 Å². The highest BCUT2D eigenvalue weighted by Gasteiger charge is 2.07. The summed E-state index contributed by atoms with van der Waals surface area (Å²) >= 11 is 0. The van der Waals surface area contributed by atoms with E-state index in [9.17, 15) is 9.59 Å². The molecule has 1 amide bonds. The quantitative estimate of drug-likeness (QED) is 0.760. The van der Waals surface area contributed by atoms with Crippen molar-refractivity contribution in [2.24, 2.45) is 5.92 Å². The van der Waals surface area contributed by atoms with E-state index in [4.69, 9.17) is 0 Å². The van der Waals surface area contributed by atoms with Crippen LogP contribution < -0.4 is 5.32 Å². The summed E-state index contributed by atoms with van der Waals surface area (Å²) in [5.41, 5.74) is 0.827. The first-order valence-electron chi connectivity index (χ1n) is 6.71. The summed E-state index contributed by atoms with van der Waals surface area (Å²) in [6.07, 6.45) is 3.52. The van der Waals surface area contributed by atoms with E-state index >= 15 is 0 Å². The normalized spacial score (nSPS) is 10.7. The van der Waals surface area contributed by atoms with E-state index in [1.807, 2.05) is 27.0 Å². The summed E-state index contributed by atoms with van der Waals surface area (Å²) in [6, 6.07) is 0. The number of aromatic nitrogens is 3. The number of aryl methyl sites for hydroxylation is 1. The average Bonchev–Trinajstić information content (AvgIpc) is 2.83. The molecule has 0 saturated heterocycles.